The lowest BCUT2D eigenvalue weighted by Gasteiger charge is -2.48. The molecule has 4 aliphatic heterocycles. The van der Waals surface area contributed by atoms with E-state index in [1.807, 2.05) is 93.7 Å². The first-order valence-electron chi connectivity index (χ1n) is 28.3. The fourth-order valence-electron chi connectivity index (χ4n) is 11.9. The molecule has 21 heteroatoms. The molecule has 0 aliphatic carbocycles. The van der Waals surface area contributed by atoms with Crippen LogP contribution in [0.4, 0.5) is 10.2 Å². The number of aromatic nitrogens is 3. The molecule has 0 bridgehead atoms. The second-order valence-electron chi connectivity index (χ2n) is 22.9. The number of hydrazine groups is 1. The molecule has 0 radical (unpaired) electrons. The van der Waals surface area contributed by atoms with Crippen LogP contribution in [0, 0.1) is 18.2 Å². The zero-order valence-electron chi connectivity index (χ0n) is 47.2. The van der Waals surface area contributed by atoms with Crippen molar-refractivity contribution >= 4 is 68.2 Å². The third-order valence-corrected chi connectivity index (χ3v) is 17.5. The standard InChI is InChI=1S/C60H75ClFN11O7S/c1-37(40-11-13-41(14-12-40)54-38(2)64-36-81-54)65-57(77)50-33-44(76)35-72(50)58(78)55(60(4,5)6)73(39(3)74)71-25-23-69(24-26-71)28-30-79-29-27-68-19-15-45(16-20-68)80-59-66-53-48(56(67-59)70-21-17-63-18-22-70)34-49(61)51(52(53)62)47-32-43(75)31-42-9-7-8-10-46(42)47/h7-14,31-32,34,36-37,44-45,50,55,63,75-76H,15-30,33,35H2,1-6H3,(H,65,77)/t37-,44+,50-,55+/m0/s1. The SMILES string of the molecule is CC(=O)N([C@H](C(=O)N1C[C@H](O)C[C@H]1C(=O)N[C@@H](C)c1ccc(-c2scnc2C)cc1)C(C)(C)C)N1CCN(CCOCCN2CCC(Oc3nc(N4CCNCC4)c4cc(Cl)c(-c5cc(O)cc6ccccc56)c(F)c4n3)CC2)CC1. The Morgan fingerprint density at radius 3 is 2.28 bits per heavy atom. The van der Waals surface area contributed by atoms with Gasteiger partial charge in [0, 0.05) is 109 Å². The maximum Gasteiger partial charge on any atom is 0.319 e. The van der Waals surface area contributed by atoms with E-state index < -0.39 is 29.4 Å². The summed E-state index contributed by atoms with van der Waals surface area (Å²) < 4.78 is 29.7. The van der Waals surface area contributed by atoms with Crippen molar-refractivity contribution in [1.29, 1.82) is 0 Å². The minimum absolute atomic E-state index is 0.00346. The molecule has 4 aliphatic rings. The van der Waals surface area contributed by atoms with Crippen LogP contribution in [0.15, 0.2) is 72.2 Å². The second kappa shape index (κ2) is 25.2. The summed E-state index contributed by atoms with van der Waals surface area (Å²) in [7, 11) is 0. The number of piperazine rings is 2. The Balaban J connectivity index is 0.700. The normalized spacial score (nSPS) is 19.8. The third kappa shape index (κ3) is 13.1. The molecule has 4 fully saturated rings. The van der Waals surface area contributed by atoms with Gasteiger partial charge in [0.05, 0.1) is 46.5 Å². The van der Waals surface area contributed by atoms with Crippen LogP contribution in [0.1, 0.15) is 71.2 Å². The molecule has 18 nitrogen and oxygen atoms in total. The van der Waals surface area contributed by atoms with Gasteiger partial charge in [-0.15, -0.1) is 11.3 Å². The van der Waals surface area contributed by atoms with E-state index in [0.29, 0.717) is 75.8 Å². The number of β-amino-alcohol motifs (C(OH)–C–C–N with tert-alkyl or cyclic N) is 1. The lowest BCUT2D eigenvalue weighted by molar-refractivity contribution is -0.176. The maximum atomic E-state index is 17.0. The number of nitrogens with one attached hydrogen (secondary N) is 2. The van der Waals surface area contributed by atoms with Crippen LogP contribution in [0.3, 0.4) is 0 Å². The number of aliphatic hydroxyl groups excluding tert-OH is 1. The number of anilines is 1. The van der Waals surface area contributed by atoms with Crippen LogP contribution in [0.2, 0.25) is 5.02 Å². The molecule has 4 atom stereocenters. The van der Waals surface area contributed by atoms with E-state index in [2.05, 4.69) is 30.3 Å². The summed E-state index contributed by atoms with van der Waals surface area (Å²) in [5, 5.41) is 33.8. The molecule has 2 aromatic heterocycles. The van der Waals surface area contributed by atoms with E-state index in [0.717, 1.165) is 78.0 Å². The van der Waals surface area contributed by atoms with Gasteiger partial charge in [-0.25, -0.2) is 14.4 Å². The van der Waals surface area contributed by atoms with E-state index in [9.17, 15) is 24.6 Å². The Hall–Kier alpha value is -6.10. The smallest absolute Gasteiger partial charge is 0.319 e. The number of hydrogen-bond acceptors (Lipinski definition) is 16. The molecule has 6 aromatic rings. The number of aromatic hydroxyl groups is 1. The number of halogens is 2. The number of fused-ring (bicyclic) bond motifs is 2. The highest BCUT2D eigenvalue weighted by Crippen LogP contribution is 2.43. The highest BCUT2D eigenvalue weighted by atomic mass is 35.5. The summed E-state index contributed by atoms with van der Waals surface area (Å²) in [6.45, 7) is 20.5. The summed E-state index contributed by atoms with van der Waals surface area (Å²) in [5.74, 6) is -0.996. The van der Waals surface area contributed by atoms with Crippen molar-refractivity contribution in [3.05, 3.63) is 94.3 Å². The molecule has 4 saturated heterocycles. The number of carbonyl (C=O) groups excluding carboxylic acids is 3. The number of aliphatic hydroxyl groups is 1. The maximum absolute atomic E-state index is 17.0. The van der Waals surface area contributed by atoms with Crippen molar-refractivity contribution in [1.82, 2.24) is 50.3 Å². The Labute approximate surface area is 482 Å². The number of nitrogens with zero attached hydrogens (tertiary/aromatic N) is 9. The van der Waals surface area contributed by atoms with Crippen molar-refractivity contribution in [2.45, 2.75) is 91.1 Å². The molecule has 3 amide bonds. The van der Waals surface area contributed by atoms with Gasteiger partial charge in [-0.2, -0.15) is 9.97 Å². The minimum atomic E-state index is -0.915. The van der Waals surface area contributed by atoms with E-state index in [4.69, 9.17) is 31.0 Å². The molecule has 0 spiro atoms. The largest absolute Gasteiger partial charge is 0.508 e. The number of rotatable bonds is 17. The number of thiazole rings is 1. The summed E-state index contributed by atoms with van der Waals surface area (Å²) in [5.41, 5.74) is 4.79. The average Bonchev–Trinajstić information content (AvgIpc) is 4.02. The number of carbonyl (C=O) groups is 3. The zero-order valence-corrected chi connectivity index (χ0v) is 48.7. The number of phenols is 1. The highest BCUT2D eigenvalue weighted by Gasteiger charge is 2.48. The van der Waals surface area contributed by atoms with Gasteiger partial charge in [-0.3, -0.25) is 24.3 Å². The number of hydrogen-bond donors (Lipinski definition) is 4. The third-order valence-electron chi connectivity index (χ3n) is 16.2. The Bertz CT molecular complexity index is 3220. The second-order valence-corrected chi connectivity index (χ2v) is 24.2. The molecule has 4 aromatic carbocycles. The number of aryl methyl sites for hydroxylation is 1. The number of amides is 3. The molecule has 432 valence electrons. The van der Waals surface area contributed by atoms with Gasteiger partial charge >= 0.3 is 6.01 Å². The predicted octanol–water partition coefficient (Wildman–Crippen LogP) is 7.28. The number of phenolic OH excluding ortho intramolecular Hbond substituents is 1. The summed E-state index contributed by atoms with van der Waals surface area (Å²) in [6.07, 6.45) is 0.516. The summed E-state index contributed by atoms with van der Waals surface area (Å²) in [4.78, 5) is 65.7. The Morgan fingerprint density at radius 1 is 0.926 bits per heavy atom. The quantitative estimate of drug-likeness (QED) is 0.0666. The zero-order chi connectivity index (χ0) is 57.1. The van der Waals surface area contributed by atoms with Crippen molar-refractivity contribution in [2.24, 2.45) is 5.41 Å². The van der Waals surface area contributed by atoms with Crippen LogP contribution in [-0.2, 0) is 19.1 Å². The summed E-state index contributed by atoms with van der Waals surface area (Å²) >= 11 is 8.50. The van der Waals surface area contributed by atoms with Crippen LogP contribution >= 0.6 is 22.9 Å². The molecule has 81 heavy (non-hydrogen) atoms. The lowest BCUT2D eigenvalue weighted by Crippen LogP contribution is -2.65. The van der Waals surface area contributed by atoms with Gasteiger partial charge in [0.15, 0.2) is 5.82 Å². The number of benzene rings is 4. The van der Waals surface area contributed by atoms with Gasteiger partial charge < -0.3 is 45.0 Å². The van der Waals surface area contributed by atoms with E-state index in [-0.39, 0.29) is 70.7 Å². The van der Waals surface area contributed by atoms with Gasteiger partial charge in [0.1, 0.15) is 35.3 Å². The monoisotopic (exact) mass is 1150 g/mol. The fraction of sp³-hybridized carbons (Fsp3) is 0.500. The minimum Gasteiger partial charge on any atom is -0.508 e. The van der Waals surface area contributed by atoms with Crippen molar-refractivity contribution in [3.63, 3.8) is 0 Å². The van der Waals surface area contributed by atoms with Crippen LogP contribution < -0.4 is 20.3 Å². The highest BCUT2D eigenvalue weighted by molar-refractivity contribution is 7.13. The van der Waals surface area contributed by atoms with Crippen LogP contribution in [-0.4, -0.2) is 190 Å². The van der Waals surface area contributed by atoms with Crippen molar-refractivity contribution in [3.8, 4) is 33.3 Å². The van der Waals surface area contributed by atoms with Gasteiger partial charge in [-0.1, -0.05) is 80.9 Å². The van der Waals surface area contributed by atoms with Crippen molar-refractivity contribution in [2.75, 3.05) is 103 Å². The fourth-order valence-corrected chi connectivity index (χ4v) is 13.0. The van der Waals surface area contributed by atoms with Gasteiger partial charge in [0.2, 0.25) is 17.7 Å². The molecular formula is C60H75ClFN11O7S. The average molecular weight is 1150 g/mol. The Morgan fingerprint density at radius 2 is 1.62 bits per heavy atom. The molecule has 10 rings (SSSR count). The van der Waals surface area contributed by atoms with E-state index in [1.54, 1.807) is 28.5 Å². The predicted molar refractivity (Wildman–Crippen MR) is 314 cm³/mol. The lowest BCUT2D eigenvalue weighted by atomic mass is 9.85. The van der Waals surface area contributed by atoms with E-state index in [1.165, 1.54) is 17.9 Å². The van der Waals surface area contributed by atoms with E-state index >= 15 is 4.39 Å². The molecule has 0 unspecified atom stereocenters. The van der Waals surface area contributed by atoms with Crippen molar-refractivity contribution < 1.29 is 38.5 Å². The first-order valence-corrected chi connectivity index (χ1v) is 29.6. The van der Waals surface area contributed by atoms with Gasteiger partial charge in [-0.05, 0) is 77.8 Å². The molecule has 0 saturated carbocycles. The van der Waals surface area contributed by atoms with Crippen LogP contribution in [0.25, 0.3) is 43.2 Å². The van der Waals surface area contributed by atoms with Crippen LogP contribution in [0.5, 0.6) is 11.8 Å². The van der Waals surface area contributed by atoms with Gasteiger partial charge in [0.25, 0.3) is 0 Å². The molecule has 6 heterocycles. The Kier molecular flexibility index (Phi) is 18.1. The molecule has 4 N–H and O–H groups in total. The summed E-state index contributed by atoms with van der Waals surface area (Å²) in [6, 6.07) is 18.4. The first kappa shape index (κ1) is 58.1. The number of ether oxygens (including phenoxy) is 2. The number of likely N-dealkylation sites (tertiary alicyclic amines) is 2. The number of piperidine rings is 1. The topological polar surface area (TPSA) is 192 Å². The molecular weight excluding hydrogens is 1070 g/mol. The first-order chi connectivity index (χ1) is 38.9.